The minimum atomic E-state index is -0.421. The zero-order chi connectivity index (χ0) is 13.2. The van der Waals surface area contributed by atoms with Crippen LogP contribution >= 0.6 is 0 Å². The van der Waals surface area contributed by atoms with Crippen molar-refractivity contribution >= 4 is 5.91 Å². The topological polar surface area (TPSA) is 49.3 Å². The lowest BCUT2D eigenvalue weighted by Gasteiger charge is -2.28. The minimum absolute atomic E-state index is 0.0250. The molecule has 18 heavy (non-hydrogen) atoms. The maximum Gasteiger partial charge on any atom is 0.244 e. The quantitative estimate of drug-likeness (QED) is 0.754. The molecule has 0 radical (unpaired) electrons. The van der Waals surface area contributed by atoms with Crippen molar-refractivity contribution < 1.29 is 9.90 Å². The van der Waals surface area contributed by atoms with Crippen LogP contribution in [-0.2, 0) is 4.79 Å². The average Bonchev–Trinajstić information content (AvgIpc) is 3.16. The predicted molar refractivity (Wildman–Crippen MR) is 72.1 cm³/mol. The Labute approximate surface area is 110 Å². The van der Waals surface area contributed by atoms with Crippen molar-refractivity contribution in [2.75, 3.05) is 6.61 Å². The third-order valence-corrected chi connectivity index (χ3v) is 4.47. The van der Waals surface area contributed by atoms with E-state index in [1.165, 1.54) is 18.4 Å². The van der Waals surface area contributed by atoms with Crippen LogP contribution in [0.4, 0.5) is 0 Å². The summed E-state index contributed by atoms with van der Waals surface area (Å²) >= 11 is 0. The van der Waals surface area contributed by atoms with E-state index < -0.39 is 5.54 Å². The monoisotopic (exact) mass is 251 g/mol. The smallest absolute Gasteiger partial charge is 0.244 e. The highest BCUT2D eigenvalue weighted by molar-refractivity contribution is 5.88. The number of hydrogen-bond acceptors (Lipinski definition) is 2. The van der Waals surface area contributed by atoms with Gasteiger partial charge < -0.3 is 10.4 Å². The van der Waals surface area contributed by atoms with E-state index in [0.717, 1.165) is 31.6 Å². The van der Waals surface area contributed by atoms with E-state index in [2.05, 4.69) is 12.2 Å². The van der Waals surface area contributed by atoms with Gasteiger partial charge in [-0.2, -0.15) is 0 Å². The zero-order valence-electron chi connectivity index (χ0n) is 11.5. The van der Waals surface area contributed by atoms with Crippen molar-refractivity contribution in [3.63, 3.8) is 0 Å². The maximum absolute atomic E-state index is 12.0. The lowest BCUT2D eigenvalue weighted by Crippen LogP contribution is -2.50. The summed E-state index contributed by atoms with van der Waals surface area (Å²) in [6.07, 6.45) is 8.48. The van der Waals surface area contributed by atoms with Crippen molar-refractivity contribution in [2.45, 2.75) is 57.9 Å². The van der Waals surface area contributed by atoms with Gasteiger partial charge in [-0.1, -0.05) is 12.5 Å². The van der Waals surface area contributed by atoms with E-state index in [4.69, 9.17) is 0 Å². The normalized spacial score (nSPS) is 27.5. The number of allylic oxidation sites excluding steroid dienone is 1. The van der Waals surface area contributed by atoms with Crippen molar-refractivity contribution in [2.24, 2.45) is 11.8 Å². The first-order valence-corrected chi connectivity index (χ1v) is 7.16. The highest BCUT2D eigenvalue weighted by atomic mass is 16.3. The predicted octanol–water partition coefficient (Wildman–Crippen LogP) is 2.40. The van der Waals surface area contributed by atoms with E-state index in [0.29, 0.717) is 5.92 Å². The molecule has 0 aromatic heterocycles. The van der Waals surface area contributed by atoms with E-state index in [-0.39, 0.29) is 12.5 Å². The molecule has 0 aromatic rings. The lowest BCUT2D eigenvalue weighted by atomic mass is 9.87. The molecule has 1 amide bonds. The third kappa shape index (κ3) is 3.35. The molecule has 1 unspecified atom stereocenters. The van der Waals surface area contributed by atoms with Gasteiger partial charge in [0.2, 0.25) is 5.91 Å². The highest BCUT2D eigenvalue weighted by Crippen LogP contribution is 2.39. The van der Waals surface area contributed by atoms with Gasteiger partial charge >= 0.3 is 0 Å². The number of nitrogens with one attached hydrogen (secondary N) is 1. The lowest BCUT2D eigenvalue weighted by molar-refractivity contribution is -0.119. The fraction of sp³-hybridized carbons (Fsp3) is 0.800. The Morgan fingerprint density at radius 1 is 1.39 bits per heavy atom. The standard InChI is InChI=1S/C15H25NO2/c1-11-3-5-12(6-4-11)9-14(18)16-15(2,10-17)13-7-8-13/h9,11,13,17H,3-8,10H2,1-2H3,(H,16,18). The molecule has 2 aliphatic rings. The van der Waals surface area contributed by atoms with Crippen LogP contribution in [0.25, 0.3) is 0 Å². The Hall–Kier alpha value is -0.830. The van der Waals surface area contributed by atoms with Crippen LogP contribution in [0.1, 0.15) is 52.4 Å². The van der Waals surface area contributed by atoms with Gasteiger partial charge in [-0.25, -0.2) is 0 Å². The number of hydrogen-bond donors (Lipinski definition) is 2. The Morgan fingerprint density at radius 2 is 2.00 bits per heavy atom. The number of carbonyl (C=O) groups excluding carboxylic acids is 1. The van der Waals surface area contributed by atoms with Crippen LogP contribution in [0.2, 0.25) is 0 Å². The summed E-state index contributed by atoms with van der Waals surface area (Å²) in [6, 6.07) is 0. The molecule has 0 heterocycles. The molecule has 0 spiro atoms. The van der Waals surface area contributed by atoms with Gasteiger partial charge in [-0.05, 0) is 57.3 Å². The summed E-state index contributed by atoms with van der Waals surface area (Å²) in [6.45, 7) is 4.25. The molecule has 3 heteroatoms. The molecular formula is C15H25NO2. The van der Waals surface area contributed by atoms with E-state index in [9.17, 15) is 9.90 Å². The number of aliphatic hydroxyl groups excluding tert-OH is 1. The molecule has 0 saturated heterocycles. The third-order valence-electron chi connectivity index (χ3n) is 4.47. The largest absolute Gasteiger partial charge is 0.394 e. The maximum atomic E-state index is 12.0. The molecular weight excluding hydrogens is 226 g/mol. The number of rotatable bonds is 4. The Bertz CT molecular complexity index is 336. The summed E-state index contributed by atoms with van der Waals surface area (Å²) in [5, 5.41) is 12.4. The van der Waals surface area contributed by atoms with Gasteiger partial charge in [0, 0.05) is 6.08 Å². The van der Waals surface area contributed by atoms with Gasteiger partial charge in [-0.15, -0.1) is 0 Å². The molecule has 2 fully saturated rings. The zero-order valence-corrected chi connectivity index (χ0v) is 11.5. The minimum Gasteiger partial charge on any atom is -0.394 e. The summed E-state index contributed by atoms with van der Waals surface area (Å²) in [4.78, 5) is 12.0. The molecule has 0 bridgehead atoms. The number of amides is 1. The van der Waals surface area contributed by atoms with Crippen LogP contribution in [0.5, 0.6) is 0 Å². The molecule has 2 saturated carbocycles. The van der Waals surface area contributed by atoms with E-state index in [1.807, 2.05) is 6.92 Å². The van der Waals surface area contributed by atoms with Crippen molar-refractivity contribution in [3.05, 3.63) is 11.6 Å². The Kier molecular flexibility index (Phi) is 4.10. The summed E-state index contributed by atoms with van der Waals surface area (Å²) < 4.78 is 0. The molecule has 2 aliphatic carbocycles. The molecule has 2 N–H and O–H groups in total. The Balaban J connectivity index is 1.89. The van der Waals surface area contributed by atoms with E-state index >= 15 is 0 Å². The molecule has 1 atom stereocenters. The molecule has 102 valence electrons. The van der Waals surface area contributed by atoms with E-state index in [1.54, 1.807) is 6.08 Å². The van der Waals surface area contributed by atoms with Crippen LogP contribution in [-0.4, -0.2) is 23.2 Å². The van der Waals surface area contributed by atoms with Gasteiger partial charge in [0.25, 0.3) is 0 Å². The van der Waals surface area contributed by atoms with Crippen molar-refractivity contribution in [3.8, 4) is 0 Å². The summed E-state index contributed by atoms with van der Waals surface area (Å²) in [7, 11) is 0. The molecule has 3 nitrogen and oxygen atoms in total. The van der Waals surface area contributed by atoms with Crippen LogP contribution in [0.3, 0.4) is 0 Å². The fourth-order valence-electron chi connectivity index (χ4n) is 2.77. The van der Waals surface area contributed by atoms with Gasteiger partial charge in [0.15, 0.2) is 0 Å². The Morgan fingerprint density at radius 3 is 2.50 bits per heavy atom. The average molecular weight is 251 g/mol. The summed E-state index contributed by atoms with van der Waals surface area (Å²) in [5.74, 6) is 1.22. The fourth-order valence-corrected chi connectivity index (χ4v) is 2.77. The van der Waals surface area contributed by atoms with Crippen molar-refractivity contribution in [1.29, 1.82) is 0 Å². The molecule has 0 aliphatic heterocycles. The second-order valence-corrected chi connectivity index (χ2v) is 6.32. The molecule has 0 aromatic carbocycles. The van der Waals surface area contributed by atoms with Crippen molar-refractivity contribution in [1.82, 2.24) is 5.32 Å². The second-order valence-electron chi connectivity index (χ2n) is 6.32. The SMILES string of the molecule is CC1CCC(=CC(=O)NC(C)(CO)C2CC2)CC1. The highest BCUT2D eigenvalue weighted by Gasteiger charge is 2.41. The van der Waals surface area contributed by atoms with Gasteiger partial charge in [-0.3, -0.25) is 4.79 Å². The van der Waals surface area contributed by atoms with Crippen LogP contribution < -0.4 is 5.32 Å². The first-order valence-electron chi connectivity index (χ1n) is 7.16. The number of carbonyl (C=O) groups is 1. The van der Waals surface area contributed by atoms with Crippen LogP contribution in [0.15, 0.2) is 11.6 Å². The van der Waals surface area contributed by atoms with Gasteiger partial charge in [0.1, 0.15) is 0 Å². The van der Waals surface area contributed by atoms with Gasteiger partial charge in [0.05, 0.1) is 12.1 Å². The molecule has 2 rings (SSSR count). The summed E-state index contributed by atoms with van der Waals surface area (Å²) in [5.41, 5.74) is 0.845. The second kappa shape index (κ2) is 5.43. The first-order chi connectivity index (χ1) is 8.53. The first kappa shape index (κ1) is 13.6. The number of aliphatic hydroxyl groups is 1. The van der Waals surface area contributed by atoms with Crippen LogP contribution in [0, 0.1) is 11.8 Å².